The molecule has 0 aliphatic heterocycles. The Kier molecular flexibility index (Phi) is 5.55. The number of aliphatic imine (C=N–C) groups is 1. The van der Waals surface area contributed by atoms with Gasteiger partial charge in [-0.2, -0.15) is 0 Å². The van der Waals surface area contributed by atoms with Crippen LogP contribution >= 0.6 is 0 Å². The second kappa shape index (κ2) is 7.65. The Morgan fingerprint density at radius 2 is 1.85 bits per heavy atom. The van der Waals surface area contributed by atoms with Crippen LogP contribution in [0, 0.1) is 5.92 Å². The molecule has 0 radical (unpaired) electrons. The highest BCUT2D eigenvalue weighted by molar-refractivity contribution is 6.41. The van der Waals surface area contributed by atoms with Gasteiger partial charge in [-0.15, -0.1) is 0 Å². The lowest BCUT2D eigenvalue weighted by molar-refractivity contribution is 0.234. The molecule has 0 heterocycles. The van der Waals surface area contributed by atoms with E-state index in [0.717, 1.165) is 31.2 Å². The number of nitrogens with zero attached hydrogens (tertiary/aromatic N) is 2. The third kappa shape index (κ3) is 3.81. The highest BCUT2D eigenvalue weighted by atomic mass is 16.5. The average Bonchev–Trinajstić information content (AvgIpc) is 2.53. The molecule has 5 heteroatoms. The number of hydrogen-bond acceptors (Lipinski definition) is 4. The minimum atomic E-state index is 0.169. The van der Waals surface area contributed by atoms with Crippen molar-refractivity contribution in [2.75, 3.05) is 0 Å². The molecule has 0 amide bonds. The third-order valence-corrected chi connectivity index (χ3v) is 3.71. The van der Waals surface area contributed by atoms with Crippen molar-refractivity contribution >= 4 is 11.5 Å². The van der Waals surface area contributed by atoms with E-state index in [1.165, 1.54) is 6.42 Å². The summed E-state index contributed by atoms with van der Waals surface area (Å²) >= 11 is 0. The van der Waals surface area contributed by atoms with Gasteiger partial charge < -0.3 is 5.21 Å². The maximum atomic E-state index is 9.26. The molecule has 1 aliphatic rings. The van der Waals surface area contributed by atoms with E-state index in [1.54, 1.807) is 0 Å². The molecule has 108 valence electrons. The van der Waals surface area contributed by atoms with Crippen molar-refractivity contribution in [3.8, 4) is 0 Å². The molecule has 3 N–H and O–H groups in total. The summed E-state index contributed by atoms with van der Waals surface area (Å²) in [5.41, 5.74) is 3.58. The van der Waals surface area contributed by atoms with Crippen LogP contribution in [0.25, 0.3) is 0 Å². The Labute approximate surface area is 119 Å². The second-order valence-corrected chi connectivity index (χ2v) is 5.08. The minimum absolute atomic E-state index is 0.169. The smallest absolute Gasteiger partial charge is 0.170 e. The number of benzene rings is 1. The standard InChI is InChI=1S/C15H21N3O2/c19-17-14(13-9-5-2-6-10-13)15(18-20)16-11-12-7-3-1-4-8-12/h1,3-4,7-8,13,19-20H,2,5-6,9-11H2,(H,16,18)/b17-14+. The molecule has 0 spiro atoms. The molecular formula is C15H21N3O2. The molecule has 1 saturated carbocycles. The summed E-state index contributed by atoms with van der Waals surface area (Å²) in [7, 11) is 0. The van der Waals surface area contributed by atoms with Crippen LogP contribution in [0.4, 0.5) is 0 Å². The van der Waals surface area contributed by atoms with Crippen molar-refractivity contribution in [3.63, 3.8) is 0 Å². The van der Waals surface area contributed by atoms with Crippen LogP contribution in [0.2, 0.25) is 0 Å². The summed E-state index contributed by atoms with van der Waals surface area (Å²) in [5.74, 6) is 0.436. The van der Waals surface area contributed by atoms with Crippen LogP contribution in [-0.4, -0.2) is 22.0 Å². The van der Waals surface area contributed by atoms with Crippen molar-refractivity contribution in [2.45, 2.75) is 38.6 Å². The van der Waals surface area contributed by atoms with Crippen LogP contribution < -0.4 is 5.48 Å². The highest BCUT2D eigenvalue weighted by Crippen LogP contribution is 2.25. The van der Waals surface area contributed by atoms with Gasteiger partial charge in [-0.05, 0) is 18.4 Å². The van der Waals surface area contributed by atoms with Gasteiger partial charge in [0.15, 0.2) is 5.84 Å². The molecule has 1 aromatic carbocycles. The first kappa shape index (κ1) is 14.5. The van der Waals surface area contributed by atoms with Gasteiger partial charge in [-0.25, -0.2) is 0 Å². The number of hydrogen-bond donors (Lipinski definition) is 3. The number of oxime groups is 1. The molecular weight excluding hydrogens is 254 g/mol. The fourth-order valence-corrected chi connectivity index (χ4v) is 2.63. The Balaban J connectivity index is 2.08. The summed E-state index contributed by atoms with van der Waals surface area (Å²) in [6, 6.07) is 9.77. The zero-order valence-electron chi connectivity index (χ0n) is 11.5. The molecule has 0 saturated heterocycles. The van der Waals surface area contributed by atoms with Gasteiger partial charge in [0, 0.05) is 5.92 Å². The van der Waals surface area contributed by atoms with Gasteiger partial charge in [-0.3, -0.25) is 15.7 Å². The molecule has 1 aliphatic carbocycles. The molecule has 0 unspecified atom stereocenters. The van der Waals surface area contributed by atoms with Crippen molar-refractivity contribution in [3.05, 3.63) is 35.9 Å². The van der Waals surface area contributed by atoms with E-state index in [4.69, 9.17) is 0 Å². The average molecular weight is 275 g/mol. The molecule has 5 nitrogen and oxygen atoms in total. The number of amidine groups is 1. The highest BCUT2D eigenvalue weighted by Gasteiger charge is 2.23. The molecule has 2 rings (SSSR count). The molecule has 0 bridgehead atoms. The van der Waals surface area contributed by atoms with Crippen molar-refractivity contribution in [1.82, 2.24) is 5.48 Å². The van der Waals surface area contributed by atoms with E-state index in [2.05, 4.69) is 15.6 Å². The Morgan fingerprint density at radius 3 is 2.45 bits per heavy atom. The summed E-state index contributed by atoms with van der Waals surface area (Å²) in [5, 5.41) is 21.9. The first-order valence-corrected chi connectivity index (χ1v) is 7.06. The summed E-state index contributed by atoms with van der Waals surface area (Å²) in [6.45, 7) is 0.440. The van der Waals surface area contributed by atoms with Gasteiger partial charge in [-0.1, -0.05) is 54.8 Å². The molecule has 1 aromatic rings. The lowest BCUT2D eigenvalue weighted by Gasteiger charge is -2.22. The van der Waals surface area contributed by atoms with Gasteiger partial charge in [0.25, 0.3) is 0 Å². The summed E-state index contributed by atoms with van der Waals surface area (Å²) < 4.78 is 0. The number of nitrogens with one attached hydrogen (secondary N) is 1. The summed E-state index contributed by atoms with van der Waals surface area (Å²) in [6.07, 6.45) is 5.43. The van der Waals surface area contributed by atoms with Crippen LogP contribution in [0.5, 0.6) is 0 Å². The first-order valence-electron chi connectivity index (χ1n) is 7.06. The fraction of sp³-hybridized carbons (Fsp3) is 0.467. The zero-order chi connectivity index (χ0) is 14.2. The minimum Gasteiger partial charge on any atom is -0.411 e. The normalized spacial score (nSPS) is 18.1. The van der Waals surface area contributed by atoms with E-state index in [1.807, 2.05) is 30.3 Å². The van der Waals surface area contributed by atoms with E-state index in [-0.39, 0.29) is 11.8 Å². The number of hydroxylamine groups is 1. The molecule has 0 atom stereocenters. The van der Waals surface area contributed by atoms with Gasteiger partial charge in [0.05, 0.1) is 6.54 Å². The monoisotopic (exact) mass is 275 g/mol. The molecule has 0 aromatic heterocycles. The lowest BCUT2D eigenvalue weighted by Crippen LogP contribution is -2.35. The first-order chi connectivity index (χ1) is 9.85. The topological polar surface area (TPSA) is 77.2 Å². The van der Waals surface area contributed by atoms with Crippen LogP contribution in [0.1, 0.15) is 37.7 Å². The quantitative estimate of drug-likeness (QED) is 0.342. The van der Waals surface area contributed by atoms with Gasteiger partial charge in [0.1, 0.15) is 5.71 Å². The molecule has 20 heavy (non-hydrogen) atoms. The van der Waals surface area contributed by atoms with Crippen LogP contribution in [-0.2, 0) is 6.54 Å². The van der Waals surface area contributed by atoms with E-state index in [9.17, 15) is 10.4 Å². The Hall–Kier alpha value is -1.88. The lowest BCUT2D eigenvalue weighted by atomic mass is 9.85. The number of rotatable bonds is 4. The van der Waals surface area contributed by atoms with Gasteiger partial charge in [0.2, 0.25) is 0 Å². The summed E-state index contributed by atoms with van der Waals surface area (Å²) in [4.78, 5) is 4.32. The third-order valence-electron chi connectivity index (χ3n) is 3.71. The Bertz CT molecular complexity index is 465. The molecule has 1 fully saturated rings. The maximum absolute atomic E-state index is 9.26. The van der Waals surface area contributed by atoms with Crippen LogP contribution in [0.15, 0.2) is 40.5 Å². The van der Waals surface area contributed by atoms with Gasteiger partial charge >= 0.3 is 0 Å². The maximum Gasteiger partial charge on any atom is 0.170 e. The zero-order valence-corrected chi connectivity index (χ0v) is 11.5. The van der Waals surface area contributed by atoms with E-state index in [0.29, 0.717) is 12.3 Å². The van der Waals surface area contributed by atoms with Crippen molar-refractivity contribution in [2.24, 2.45) is 16.1 Å². The predicted octanol–water partition coefficient (Wildman–Crippen LogP) is 2.97. The Morgan fingerprint density at radius 1 is 1.15 bits per heavy atom. The second-order valence-electron chi connectivity index (χ2n) is 5.08. The van der Waals surface area contributed by atoms with E-state index >= 15 is 0 Å². The van der Waals surface area contributed by atoms with E-state index < -0.39 is 0 Å². The largest absolute Gasteiger partial charge is 0.411 e. The SMILES string of the molecule is O/N=C(/C(=NCc1ccccc1)NO)C1CCCCC1. The predicted molar refractivity (Wildman–Crippen MR) is 78.3 cm³/mol. The van der Waals surface area contributed by atoms with Crippen molar-refractivity contribution < 1.29 is 10.4 Å². The fourth-order valence-electron chi connectivity index (χ4n) is 2.63. The van der Waals surface area contributed by atoms with Crippen molar-refractivity contribution in [1.29, 1.82) is 0 Å². The van der Waals surface area contributed by atoms with Crippen LogP contribution in [0.3, 0.4) is 0 Å².